The number of nitrogens with zero attached hydrogens (tertiary/aromatic N) is 2. The molecule has 2 heterocycles. The van der Waals surface area contributed by atoms with E-state index in [-0.39, 0.29) is 5.56 Å². The van der Waals surface area contributed by atoms with Gasteiger partial charge in [-0.1, -0.05) is 30.3 Å². The van der Waals surface area contributed by atoms with E-state index in [2.05, 4.69) is 32.0 Å². The van der Waals surface area contributed by atoms with Crippen LogP contribution in [-0.4, -0.2) is 14.5 Å². The molecular weight excluding hydrogens is 354 g/mol. The highest BCUT2D eigenvalue weighted by atomic mass is 79.9. The van der Waals surface area contributed by atoms with E-state index in [1.807, 2.05) is 42.5 Å². The average Bonchev–Trinajstić information content (AvgIpc) is 2.90. The van der Waals surface area contributed by atoms with Crippen LogP contribution in [0.1, 0.15) is 5.56 Å². The second kappa shape index (κ2) is 5.66. The monoisotopic (exact) mass is 367 g/mol. The standard InChI is InChI=1S/C18H14BrN3O/c19-17-13(12-5-1-4-8-16(12)21-17)9-10-22-11-20-15-7-3-2-6-14(15)18(22)23/h1-8,11,21H,9-10H2. The number of halogens is 1. The number of para-hydroxylation sites is 2. The van der Waals surface area contributed by atoms with Gasteiger partial charge in [0.05, 0.1) is 21.8 Å². The predicted molar refractivity (Wildman–Crippen MR) is 95.7 cm³/mol. The number of fused-ring (bicyclic) bond motifs is 2. The third-order valence-electron chi connectivity index (χ3n) is 4.10. The molecule has 0 aliphatic carbocycles. The minimum Gasteiger partial charge on any atom is -0.349 e. The Morgan fingerprint density at radius 2 is 1.78 bits per heavy atom. The average molecular weight is 368 g/mol. The molecule has 0 aliphatic rings. The van der Waals surface area contributed by atoms with E-state index in [4.69, 9.17) is 0 Å². The Bertz CT molecular complexity index is 1060. The number of H-pyrrole nitrogens is 1. The fraction of sp³-hybridized carbons (Fsp3) is 0.111. The Morgan fingerprint density at radius 1 is 1.04 bits per heavy atom. The summed E-state index contributed by atoms with van der Waals surface area (Å²) in [6.45, 7) is 0.594. The Labute approximate surface area is 140 Å². The van der Waals surface area contributed by atoms with Gasteiger partial charge >= 0.3 is 0 Å². The van der Waals surface area contributed by atoms with E-state index in [9.17, 15) is 4.79 Å². The number of aromatic nitrogens is 3. The molecule has 0 unspecified atom stereocenters. The summed E-state index contributed by atoms with van der Waals surface area (Å²) in [5.74, 6) is 0. The summed E-state index contributed by atoms with van der Waals surface area (Å²) in [6, 6.07) is 15.6. The van der Waals surface area contributed by atoms with Crippen molar-refractivity contribution in [2.75, 3.05) is 0 Å². The smallest absolute Gasteiger partial charge is 0.261 e. The zero-order valence-electron chi connectivity index (χ0n) is 12.3. The van der Waals surface area contributed by atoms with E-state index in [1.54, 1.807) is 10.9 Å². The lowest BCUT2D eigenvalue weighted by molar-refractivity contribution is 0.663. The second-order valence-electron chi connectivity index (χ2n) is 5.47. The van der Waals surface area contributed by atoms with Gasteiger partial charge in [-0.05, 0) is 46.1 Å². The van der Waals surface area contributed by atoms with Crippen LogP contribution in [0.5, 0.6) is 0 Å². The van der Waals surface area contributed by atoms with Crippen LogP contribution in [-0.2, 0) is 13.0 Å². The maximum absolute atomic E-state index is 12.5. The molecule has 114 valence electrons. The van der Waals surface area contributed by atoms with Crippen molar-refractivity contribution >= 4 is 37.7 Å². The number of aryl methyl sites for hydroxylation is 2. The van der Waals surface area contributed by atoms with Crippen molar-refractivity contribution in [1.29, 1.82) is 0 Å². The van der Waals surface area contributed by atoms with Crippen molar-refractivity contribution in [3.05, 3.63) is 75.4 Å². The van der Waals surface area contributed by atoms with Crippen LogP contribution in [0.15, 0.2) is 64.3 Å². The largest absolute Gasteiger partial charge is 0.349 e. The van der Waals surface area contributed by atoms with Crippen LogP contribution < -0.4 is 5.56 Å². The maximum atomic E-state index is 12.5. The minimum absolute atomic E-state index is 0.00608. The fourth-order valence-corrected chi connectivity index (χ4v) is 3.53. The molecule has 0 bridgehead atoms. The molecule has 23 heavy (non-hydrogen) atoms. The van der Waals surface area contributed by atoms with Gasteiger partial charge in [0.15, 0.2) is 0 Å². The molecule has 2 aromatic heterocycles. The first-order valence-corrected chi connectivity index (χ1v) is 8.22. The molecule has 0 amide bonds. The van der Waals surface area contributed by atoms with Gasteiger partial charge in [-0.25, -0.2) is 4.98 Å². The molecule has 0 radical (unpaired) electrons. The summed E-state index contributed by atoms with van der Waals surface area (Å²) in [5, 5.41) is 1.84. The highest BCUT2D eigenvalue weighted by Gasteiger charge is 2.10. The van der Waals surface area contributed by atoms with E-state index < -0.39 is 0 Å². The molecule has 2 aromatic carbocycles. The first kappa shape index (κ1) is 14.2. The number of aromatic amines is 1. The molecule has 0 fully saturated rings. The Balaban J connectivity index is 1.70. The number of benzene rings is 2. The topological polar surface area (TPSA) is 50.7 Å². The summed E-state index contributed by atoms with van der Waals surface area (Å²) < 4.78 is 2.65. The Morgan fingerprint density at radius 3 is 2.65 bits per heavy atom. The lowest BCUT2D eigenvalue weighted by Gasteiger charge is -2.06. The van der Waals surface area contributed by atoms with Crippen LogP contribution in [0.3, 0.4) is 0 Å². The first-order chi connectivity index (χ1) is 11.2. The van der Waals surface area contributed by atoms with Crippen molar-refractivity contribution < 1.29 is 0 Å². The number of hydrogen-bond acceptors (Lipinski definition) is 2. The number of hydrogen-bond donors (Lipinski definition) is 1. The summed E-state index contributed by atoms with van der Waals surface area (Å²) in [5.41, 5.74) is 3.02. The molecule has 4 nitrogen and oxygen atoms in total. The van der Waals surface area contributed by atoms with Gasteiger partial charge in [0.2, 0.25) is 0 Å². The van der Waals surface area contributed by atoms with Crippen molar-refractivity contribution in [3.63, 3.8) is 0 Å². The van der Waals surface area contributed by atoms with Gasteiger partial charge in [-0.3, -0.25) is 9.36 Å². The normalized spacial score (nSPS) is 11.3. The van der Waals surface area contributed by atoms with E-state index in [0.29, 0.717) is 11.9 Å². The predicted octanol–water partition coefficient (Wildman–Crippen LogP) is 3.88. The van der Waals surface area contributed by atoms with Gasteiger partial charge in [0.1, 0.15) is 0 Å². The molecule has 4 rings (SSSR count). The molecule has 4 aromatic rings. The van der Waals surface area contributed by atoms with Crippen molar-refractivity contribution in [2.24, 2.45) is 0 Å². The molecule has 0 saturated carbocycles. The molecule has 0 atom stereocenters. The molecule has 0 saturated heterocycles. The van der Waals surface area contributed by atoms with Crippen molar-refractivity contribution in [3.8, 4) is 0 Å². The van der Waals surface area contributed by atoms with Crippen LogP contribution in [0, 0.1) is 0 Å². The molecule has 0 spiro atoms. The third-order valence-corrected chi connectivity index (χ3v) is 4.77. The minimum atomic E-state index is 0.00608. The van der Waals surface area contributed by atoms with Gasteiger partial charge < -0.3 is 4.98 Å². The van der Waals surface area contributed by atoms with Gasteiger partial charge in [0, 0.05) is 17.4 Å². The third kappa shape index (κ3) is 2.47. The lowest BCUT2D eigenvalue weighted by Crippen LogP contribution is -2.21. The first-order valence-electron chi connectivity index (χ1n) is 7.43. The quantitative estimate of drug-likeness (QED) is 0.597. The Kier molecular flexibility index (Phi) is 3.50. The summed E-state index contributed by atoms with van der Waals surface area (Å²) in [7, 11) is 0. The molecule has 0 aliphatic heterocycles. The maximum Gasteiger partial charge on any atom is 0.261 e. The number of rotatable bonds is 3. The SMILES string of the molecule is O=c1c2ccccc2ncn1CCc1c(Br)[nH]c2ccccc12. The van der Waals surface area contributed by atoms with Crippen LogP contribution in [0.2, 0.25) is 0 Å². The van der Waals surface area contributed by atoms with E-state index in [1.165, 1.54) is 10.9 Å². The van der Waals surface area contributed by atoms with Crippen LogP contribution in [0.25, 0.3) is 21.8 Å². The summed E-state index contributed by atoms with van der Waals surface area (Å²) >= 11 is 3.58. The second-order valence-corrected chi connectivity index (χ2v) is 6.27. The lowest BCUT2D eigenvalue weighted by atomic mass is 10.1. The van der Waals surface area contributed by atoms with Crippen molar-refractivity contribution in [1.82, 2.24) is 14.5 Å². The zero-order valence-corrected chi connectivity index (χ0v) is 13.9. The number of nitrogens with one attached hydrogen (secondary N) is 1. The van der Waals surface area contributed by atoms with E-state index >= 15 is 0 Å². The molecular formula is C18H14BrN3O. The van der Waals surface area contributed by atoms with Gasteiger partial charge in [-0.2, -0.15) is 0 Å². The van der Waals surface area contributed by atoms with Gasteiger partial charge in [0.25, 0.3) is 5.56 Å². The molecule has 1 N–H and O–H groups in total. The summed E-state index contributed by atoms with van der Waals surface area (Å²) in [6.07, 6.45) is 2.39. The van der Waals surface area contributed by atoms with E-state index in [0.717, 1.165) is 22.1 Å². The van der Waals surface area contributed by atoms with Crippen molar-refractivity contribution in [2.45, 2.75) is 13.0 Å². The molecule has 5 heteroatoms. The van der Waals surface area contributed by atoms with Crippen LogP contribution >= 0.6 is 15.9 Å². The fourth-order valence-electron chi connectivity index (χ4n) is 2.91. The summed E-state index contributed by atoms with van der Waals surface area (Å²) in [4.78, 5) is 20.2. The van der Waals surface area contributed by atoms with Gasteiger partial charge in [-0.15, -0.1) is 0 Å². The highest BCUT2D eigenvalue weighted by molar-refractivity contribution is 9.10. The van der Waals surface area contributed by atoms with Crippen LogP contribution in [0.4, 0.5) is 0 Å². The Hall–Kier alpha value is -2.40. The zero-order chi connectivity index (χ0) is 15.8. The highest BCUT2D eigenvalue weighted by Crippen LogP contribution is 2.26.